The molecule has 2 fully saturated rings. The zero-order valence-corrected chi connectivity index (χ0v) is 14.8. The Bertz CT molecular complexity index is 674. The molecule has 6 nitrogen and oxygen atoms in total. The molecule has 24 heavy (non-hydrogen) atoms. The van der Waals surface area contributed by atoms with Crippen molar-refractivity contribution in [2.75, 3.05) is 6.54 Å². The van der Waals surface area contributed by atoms with E-state index in [1.807, 2.05) is 0 Å². The number of sulfonamides is 1. The smallest absolute Gasteiger partial charge is 0.245 e. The van der Waals surface area contributed by atoms with Gasteiger partial charge in [-0.25, -0.2) is 8.42 Å². The zero-order chi connectivity index (χ0) is 17.2. The molecule has 2 aliphatic rings. The van der Waals surface area contributed by atoms with E-state index in [-0.39, 0.29) is 29.4 Å². The Kier molecular flexibility index (Phi) is 5.20. The number of hydrogen-bond donors (Lipinski definition) is 1. The first-order valence-electron chi connectivity index (χ1n) is 8.69. The van der Waals surface area contributed by atoms with Gasteiger partial charge >= 0.3 is 0 Å². The lowest BCUT2D eigenvalue weighted by molar-refractivity contribution is -0.122. The number of hydrogen-bond acceptors (Lipinski definition) is 4. The van der Waals surface area contributed by atoms with Gasteiger partial charge in [0.05, 0.1) is 6.54 Å². The normalized spacial score (nSPS) is 24.8. The Hall–Kier alpha value is -1.47. The van der Waals surface area contributed by atoms with E-state index < -0.39 is 10.0 Å². The van der Waals surface area contributed by atoms with Crippen molar-refractivity contribution in [3.05, 3.63) is 24.5 Å². The van der Waals surface area contributed by atoms with E-state index in [9.17, 15) is 13.2 Å². The summed E-state index contributed by atoms with van der Waals surface area (Å²) < 4.78 is 27.0. The first kappa shape index (κ1) is 17.4. The van der Waals surface area contributed by atoms with Crippen molar-refractivity contribution >= 4 is 15.9 Å². The van der Waals surface area contributed by atoms with Gasteiger partial charge < -0.3 is 5.32 Å². The van der Waals surface area contributed by atoms with Crippen LogP contribution in [0.3, 0.4) is 0 Å². The number of carbonyl (C=O) groups excluding carboxylic acids is 1. The monoisotopic (exact) mass is 351 g/mol. The number of pyridine rings is 1. The van der Waals surface area contributed by atoms with E-state index in [2.05, 4.69) is 17.2 Å². The van der Waals surface area contributed by atoms with Gasteiger partial charge in [0, 0.05) is 24.5 Å². The third kappa shape index (κ3) is 3.95. The molecule has 0 unspecified atom stereocenters. The van der Waals surface area contributed by atoms with Crippen LogP contribution in [0.5, 0.6) is 0 Å². The van der Waals surface area contributed by atoms with Gasteiger partial charge in [0.25, 0.3) is 0 Å². The fourth-order valence-electron chi connectivity index (χ4n) is 3.33. The molecule has 2 aliphatic carbocycles. The second-order valence-electron chi connectivity index (χ2n) is 6.91. The minimum atomic E-state index is -3.68. The number of nitrogens with zero attached hydrogens (tertiary/aromatic N) is 2. The molecule has 0 saturated heterocycles. The molecule has 1 aromatic heterocycles. The molecule has 0 aliphatic heterocycles. The molecule has 2 atom stereocenters. The highest BCUT2D eigenvalue weighted by Crippen LogP contribution is 2.31. The van der Waals surface area contributed by atoms with Gasteiger partial charge in [0.2, 0.25) is 15.9 Å². The number of amides is 1. The van der Waals surface area contributed by atoms with Crippen molar-refractivity contribution in [1.82, 2.24) is 14.6 Å². The lowest BCUT2D eigenvalue weighted by Crippen LogP contribution is -2.47. The van der Waals surface area contributed by atoms with Crippen molar-refractivity contribution in [2.45, 2.75) is 62.4 Å². The molecule has 0 bridgehead atoms. The Morgan fingerprint density at radius 3 is 2.67 bits per heavy atom. The standard InChI is InChI=1S/C17H25N3O3S/c1-13-5-2-3-7-16(13)19-17(21)12-20(14-8-9-14)24(22,23)15-6-4-10-18-11-15/h4,6,10-11,13-14,16H,2-3,5,7-9,12H2,1H3,(H,19,21)/t13-,16+/m1/s1. The number of carbonyl (C=O) groups is 1. The zero-order valence-electron chi connectivity index (χ0n) is 14.0. The predicted molar refractivity (Wildman–Crippen MR) is 90.7 cm³/mol. The minimum absolute atomic E-state index is 0.0651. The summed E-state index contributed by atoms with van der Waals surface area (Å²) in [5, 5.41) is 3.04. The highest BCUT2D eigenvalue weighted by atomic mass is 32.2. The quantitative estimate of drug-likeness (QED) is 0.849. The Morgan fingerprint density at radius 1 is 1.29 bits per heavy atom. The van der Waals surface area contributed by atoms with Crippen LogP contribution in [0.1, 0.15) is 45.4 Å². The molecule has 1 amide bonds. The Morgan fingerprint density at radius 2 is 2.04 bits per heavy atom. The maximum Gasteiger partial charge on any atom is 0.245 e. The van der Waals surface area contributed by atoms with Crippen LogP contribution >= 0.6 is 0 Å². The van der Waals surface area contributed by atoms with E-state index in [0.29, 0.717) is 5.92 Å². The average Bonchev–Trinajstić information content (AvgIpc) is 3.40. The molecule has 132 valence electrons. The second kappa shape index (κ2) is 7.19. The van der Waals surface area contributed by atoms with E-state index in [4.69, 9.17) is 0 Å². The van der Waals surface area contributed by atoms with Crippen LogP contribution in [0.15, 0.2) is 29.4 Å². The molecule has 0 radical (unpaired) electrons. The maximum atomic E-state index is 12.8. The third-order valence-electron chi connectivity index (χ3n) is 4.95. The molecule has 1 N–H and O–H groups in total. The molecule has 0 spiro atoms. The van der Waals surface area contributed by atoms with Gasteiger partial charge in [-0.3, -0.25) is 9.78 Å². The lowest BCUT2D eigenvalue weighted by Gasteiger charge is -2.30. The van der Waals surface area contributed by atoms with Crippen molar-refractivity contribution in [2.24, 2.45) is 5.92 Å². The Labute approximate surface area is 143 Å². The summed E-state index contributed by atoms with van der Waals surface area (Å²) in [5.74, 6) is 0.250. The van der Waals surface area contributed by atoms with Crippen LogP contribution in [-0.2, 0) is 14.8 Å². The maximum absolute atomic E-state index is 12.8. The van der Waals surface area contributed by atoms with E-state index in [0.717, 1.165) is 32.1 Å². The van der Waals surface area contributed by atoms with E-state index in [1.165, 1.54) is 29.2 Å². The van der Waals surface area contributed by atoms with Gasteiger partial charge in [-0.15, -0.1) is 0 Å². The molecular weight excluding hydrogens is 326 g/mol. The lowest BCUT2D eigenvalue weighted by atomic mass is 9.86. The summed E-state index contributed by atoms with van der Waals surface area (Å²) in [6.07, 6.45) is 8.92. The van der Waals surface area contributed by atoms with Gasteiger partial charge in [0.1, 0.15) is 4.90 Å². The van der Waals surface area contributed by atoms with Gasteiger partial charge in [-0.05, 0) is 43.7 Å². The fraction of sp³-hybridized carbons (Fsp3) is 0.647. The number of aromatic nitrogens is 1. The van der Waals surface area contributed by atoms with Crippen LogP contribution in [0.25, 0.3) is 0 Å². The van der Waals surface area contributed by atoms with Crippen molar-refractivity contribution < 1.29 is 13.2 Å². The summed E-state index contributed by atoms with van der Waals surface area (Å²) in [6, 6.07) is 3.22. The summed E-state index contributed by atoms with van der Waals surface area (Å²) in [5.41, 5.74) is 0. The van der Waals surface area contributed by atoms with Crippen LogP contribution in [-0.4, -0.2) is 42.2 Å². The highest BCUT2D eigenvalue weighted by molar-refractivity contribution is 7.89. The third-order valence-corrected chi connectivity index (χ3v) is 6.83. The van der Waals surface area contributed by atoms with Crippen LogP contribution in [0.4, 0.5) is 0 Å². The average molecular weight is 351 g/mol. The molecule has 3 rings (SSSR count). The van der Waals surface area contributed by atoms with Gasteiger partial charge in [-0.2, -0.15) is 4.31 Å². The van der Waals surface area contributed by atoms with Crippen molar-refractivity contribution in [3.8, 4) is 0 Å². The molecule has 2 saturated carbocycles. The Balaban J connectivity index is 1.69. The summed E-state index contributed by atoms with van der Waals surface area (Å²) in [7, 11) is -3.68. The summed E-state index contributed by atoms with van der Waals surface area (Å²) in [4.78, 5) is 16.5. The van der Waals surface area contributed by atoms with Crippen LogP contribution in [0, 0.1) is 5.92 Å². The molecular formula is C17H25N3O3S. The number of rotatable bonds is 6. The van der Waals surface area contributed by atoms with Crippen LogP contribution < -0.4 is 5.32 Å². The fourth-order valence-corrected chi connectivity index (χ4v) is 4.94. The largest absolute Gasteiger partial charge is 0.352 e. The first-order valence-corrected chi connectivity index (χ1v) is 10.1. The summed E-state index contributed by atoms with van der Waals surface area (Å²) >= 11 is 0. The highest BCUT2D eigenvalue weighted by Gasteiger charge is 2.39. The van der Waals surface area contributed by atoms with Gasteiger partial charge in [0.15, 0.2) is 0 Å². The topological polar surface area (TPSA) is 79.4 Å². The molecule has 1 heterocycles. The first-order chi connectivity index (χ1) is 11.5. The molecule has 0 aromatic carbocycles. The number of nitrogens with one attached hydrogen (secondary N) is 1. The second-order valence-corrected chi connectivity index (χ2v) is 8.80. The SMILES string of the molecule is C[C@@H]1CCCC[C@@H]1NC(=O)CN(C1CC1)S(=O)(=O)c1cccnc1. The van der Waals surface area contributed by atoms with Crippen molar-refractivity contribution in [1.29, 1.82) is 0 Å². The minimum Gasteiger partial charge on any atom is -0.352 e. The molecule has 1 aromatic rings. The predicted octanol–water partition coefficient (Wildman–Crippen LogP) is 1.93. The van der Waals surface area contributed by atoms with Crippen molar-refractivity contribution in [3.63, 3.8) is 0 Å². The summed E-state index contributed by atoms with van der Waals surface area (Å²) in [6.45, 7) is 2.04. The van der Waals surface area contributed by atoms with Gasteiger partial charge in [-0.1, -0.05) is 19.8 Å². The molecule has 7 heteroatoms. The van der Waals surface area contributed by atoms with E-state index >= 15 is 0 Å². The van der Waals surface area contributed by atoms with E-state index in [1.54, 1.807) is 6.07 Å². The van der Waals surface area contributed by atoms with Crippen LogP contribution in [0.2, 0.25) is 0 Å².